The Morgan fingerprint density at radius 2 is 1.90 bits per heavy atom. The maximum Gasteiger partial charge on any atom is 0.410 e. The Kier molecular flexibility index (Phi) is 6.25. The molecule has 1 saturated carbocycles. The molecule has 2 aliphatic rings. The van der Waals surface area contributed by atoms with E-state index >= 15 is 0 Å². The van der Waals surface area contributed by atoms with Crippen LogP contribution in [-0.2, 0) is 11.2 Å². The molecular formula is C23H29F3N4O. The van der Waals surface area contributed by atoms with Crippen LogP contribution >= 0.6 is 0 Å². The largest absolute Gasteiger partial charge is 0.410 e. The van der Waals surface area contributed by atoms with E-state index in [1.807, 2.05) is 31.2 Å². The molecule has 168 valence electrons. The summed E-state index contributed by atoms with van der Waals surface area (Å²) in [4.78, 5) is 12.5. The molecule has 1 aromatic heterocycles. The molecule has 0 bridgehead atoms. The van der Waals surface area contributed by atoms with Gasteiger partial charge in [0.2, 0.25) is 5.91 Å². The summed E-state index contributed by atoms with van der Waals surface area (Å²) in [5.74, 6) is 0.605. The van der Waals surface area contributed by atoms with Crippen molar-refractivity contribution in [3.63, 3.8) is 0 Å². The summed E-state index contributed by atoms with van der Waals surface area (Å²) >= 11 is 0. The van der Waals surface area contributed by atoms with Crippen molar-refractivity contribution in [3.8, 4) is 0 Å². The minimum atomic E-state index is -4.42. The highest BCUT2D eigenvalue weighted by atomic mass is 19.4. The van der Waals surface area contributed by atoms with Crippen LogP contribution in [0.5, 0.6) is 0 Å². The van der Waals surface area contributed by atoms with Crippen molar-refractivity contribution in [3.05, 3.63) is 47.2 Å². The molecule has 1 fully saturated rings. The number of alkyl halides is 3. The van der Waals surface area contributed by atoms with Gasteiger partial charge in [-0.05, 0) is 31.2 Å². The zero-order chi connectivity index (χ0) is 22.0. The molecule has 1 aliphatic heterocycles. The fourth-order valence-electron chi connectivity index (χ4n) is 4.64. The van der Waals surface area contributed by atoms with Gasteiger partial charge in [0.05, 0.1) is 18.7 Å². The monoisotopic (exact) mass is 434 g/mol. The lowest BCUT2D eigenvalue weighted by Gasteiger charge is -2.34. The van der Waals surface area contributed by atoms with Gasteiger partial charge in [-0.25, -0.2) is 4.68 Å². The van der Waals surface area contributed by atoms with Crippen molar-refractivity contribution in [1.82, 2.24) is 15.1 Å². The molecule has 0 radical (unpaired) electrons. The Labute approximate surface area is 180 Å². The van der Waals surface area contributed by atoms with Gasteiger partial charge >= 0.3 is 6.18 Å². The minimum Gasteiger partial charge on any atom is -0.363 e. The molecule has 0 spiro atoms. The summed E-state index contributed by atoms with van der Waals surface area (Å²) in [6.07, 6.45) is 2.72. The topological polar surface area (TPSA) is 59.0 Å². The van der Waals surface area contributed by atoms with Gasteiger partial charge in [0.15, 0.2) is 6.04 Å². The molecule has 2 atom stereocenters. The average Bonchev–Trinajstić information content (AvgIpc) is 3.14. The van der Waals surface area contributed by atoms with Crippen LogP contribution in [0.15, 0.2) is 30.5 Å². The number of rotatable bonds is 5. The molecule has 2 N–H and O–H groups in total. The van der Waals surface area contributed by atoms with Crippen LogP contribution in [-0.4, -0.2) is 28.4 Å². The number of aryl methyl sites for hydroxylation is 1. The summed E-state index contributed by atoms with van der Waals surface area (Å²) in [6, 6.07) is 5.26. The van der Waals surface area contributed by atoms with Crippen molar-refractivity contribution >= 4 is 11.7 Å². The minimum absolute atomic E-state index is 0.0141. The summed E-state index contributed by atoms with van der Waals surface area (Å²) in [5.41, 5.74) is 2.33. The first-order chi connectivity index (χ1) is 14.8. The number of carbonyl (C=O) groups is 1. The zero-order valence-electron chi connectivity index (χ0n) is 17.7. The Morgan fingerprint density at radius 1 is 1.19 bits per heavy atom. The third-order valence-electron chi connectivity index (χ3n) is 6.46. The summed E-state index contributed by atoms with van der Waals surface area (Å²) in [5, 5.41) is 10.2. The van der Waals surface area contributed by atoms with Crippen LogP contribution in [0.2, 0.25) is 0 Å². The molecule has 0 saturated heterocycles. The molecule has 8 heteroatoms. The van der Waals surface area contributed by atoms with Gasteiger partial charge in [-0.3, -0.25) is 4.79 Å². The number of carbonyl (C=O) groups excluding carboxylic acids is 1. The molecule has 0 unspecified atom stereocenters. The van der Waals surface area contributed by atoms with Crippen molar-refractivity contribution < 1.29 is 18.0 Å². The van der Waals surface area contributed by atoms with Crippen molar-refractivity contribution in [2.24, 2.45) is 5.92 Å². The van der Waals surface area contributed by atoms with Crippen LogP contribution < -0.4 is 10.6 Å². The lowest BCUT2D eigenvalue weighted by atomic mass is 9.89. The first kappa shape index (κ1) is 21.7. The van der Waals surface area contributed by atoms with Gasteiger partial charge < -0.3 is 10.6 Å². The van der Waals surface area contributed by atoms with E-state index in [1.54, 1.807) is 0 Å². The maximum atomic E-state index is 13.8. The summed E-state index contributed by atoms with van der Waals surface area (Å²) in [6.45, 7) is 2.57. The van der Waals surface area contributed by atoms with Crippen molar-refractivity contribution in [2.45, 2.75) is 70.1 Å². The predicted octanol–water partition coefficient (Wildman–Crippen LogP) is 5.09. The summed E-state index contributed by atoms with van der Waals surface area (Å²) in [7, 11) is 0. The van der Waals surface area contributed by atoms with Crippen LogP contribution in [0.25, 0.3) is 0 Å². The molecule has 5 nitrogen and oxygen atoms in total. The van der Waals surface area contributed by atoms with Gasteiger partial charge in [-0.15, -0.1) is 0 Å². The standard InChI is InChI=1S/C23H29F3N4O/c1-15-7-9-17(10-8-15)19-12-20(23(24,25)26)30-22(29-19)18(14-28-30)11-21(31)27-13-16-5-3-2-4-6-16/h7-10,14,16,19-20,29H,2-6,11-13H2,1H3,(H,27,31)/t19-,20+/m1/s1. The zero-order valence-corrected chi connectivity index (χ0v) is 17.7. The van der Waals surface area contributed by atoms with Crippen molar-refractivity contribution in [2.75, 3.05) is 11.9 Å². The second-order valence-electron chi connectivity index (χ2n) is 8.85. The first-order valence-electron chi connectivity index (χ1n) is 11.0. The van der Waals surface area contributed by atoms with E-state index in [1.165, 1.54) is 25.5 Å². The first-order valence-corrected chi connectivity index (χ1v) is 11.0. The number of hydrogen-bond donors (Lipinski definition) is 2. The number of fused-ring (bicyclic) bond motifs is 1. The Balaban J connectivity index is 1.50. The van der Waals surface area contributed by atoms with Gasteiger partial charge in [0.25, 0.3) is 0 Å². The highest BCUT2D eigenvalue weighted by molar-refractivity contribution is 5.80. The molecule has 2 heterocycles. The third kappa shape index (κ3) is 5.05. The Morgan fingerprint density at radius 3 is 2.58 bits per heavy atom. The van der Waals surface area contributed by atoms with E-state index in [-0.39, 0.29) is 24.6 Å². The normalized spacial score (nSPS) is 21.9. The number of aromatic nitrogens is 2. The van der Waals surface area contributed by atoms with E-state index in [0.29, 0.717) is 18.0 Å². The second-order valence-corrected chi connectivity index (χ2v) is 8.85. The van der Waals surface area contributed by atoms with Crippen LogP contribution in [0.1, 0.15) is 67.3 Å². The molecule has 1 aromatic carbocycles. The number of hydrogen-bond acceptors (Lipinski definition) is 3. The predicted molar refractivity (Wildman–Crippen MR) is 113 cm³/mol. The van der Waals surface area contributed by atoms with E-state index in [9.17, 15) is 18.0 Å². The summed E-state index contributed by atoms with van der Waals surface area (Å²) < 4.78 is 42.4. The molecule has 31 heavy (non-hydrogen) atoms. The number of anilines is 1. The lowest BCUT2D eigenvalue weighted by Crippen LogP contribution is -2.36. The van der Waals surface area contributed by atoms with Crippen LogP contribution in [0.3, 0.4) is 0 Å². The van der Waals surface area contributed by atoms with E-state index < -0.39 is 18.3 Å². The van der Waals surface area contributed by atoms with Crippen LogP contribution in [0, 0.1) is 12.8 Å². The number of amides is 1. The SMILES string of the molecule is Cc1ccc([C@H]2C[C@@H](C(F)(F)F)n3ncc(CC(=O)NCC4CCCCC4)c3N2)cc1. The highest BCUT2D eigenvalue weighted by Crippen LogP contribution is 2.44. The number of nitrogens with zero attached hydrogens (tertiary/aromatic N) is 2. The quantitative estimate of drug-likeness (QED) is 0.689. The maximum absolute atomic E-state index is 13.8. The average molecular weight is 435 g/mol. The fourth-order valence-corrected chi connectivity index (χ4v) is 4.64. The van der Waals surface area contributed by atoms with Crippen LogP contribution in [0.4, 0.5) is 19.0 Å². The Hall–Kier alpha value is -2.51. The van der Waals surface area contributed by atoms with E-state index in [0.717, 1.165) is 28.7 Å². The smallest absolute Gasteiger partial charge is 0.363 e. The molecular weight excluding hydrogens is 405 g/mol. The van der Waals surface area contributed by atoms with Crippen molar-refractivity contribution in [1.29, 1.82) is 0 Å². The number of benzene rings is 1. The van der Waals surface area contributed by atoms with Gasteiger partial charge in [0.1, 0.15) is 5.82 Å². The van der Waals surface area contributed by atoms with Gasteiger partial charge in [-0.2, -0.15) is 18.3 Å². The highest BCUT2D eigenvalue weighted by Gasteiger charge is 2.46. The lowest BCUT2D eigenvalue weighted by molar-refractivity contribution is -0.173. The number of nitrogens with one attached hydrogen (secondary N) is 2. The van der Waals surface area contributed by atoms with E-state index in [4.69, 9.17) is 0 Å². The van der Waals surface area contributed by atoms with Gasteiger partial charge in [-0.1, -0.05) is 49.1 Å². The molecule has 1 aliphatic carbocycles. The third-order valence-corrected chi connectivity index (χ3v) is 6.46. The number of halogens is 3. The fraction of sp³-hybridized carbons (Fsp3) is 0.565. The Bertz CT molecular complexity index is 901. The van der Waals surface area contributed by atoms with Gasteiger partial charge in [0, 0.05) is 18.5 Å². The second kappa shape index (κ2) is 8.93. The molecule has 2 aromatic rings. The molecule has 1 amide bonds. The molecule has 4 rings (SSSR count). The van der Waals surface area contributed by atoms with E-state index in [2.05, 4.69) is 15.7 Å².